The van der Waals surface area contributed by atoms with Gasteiger partial charge in [-0.25, -0.2) is 4.79 Å². The molecule has 2 fully saturated rings. The van der Waals surface area contributed by atoms with E-state index >= 15 is 0 Å². The Morgan fingerprint density at radius 2 is 1.64 bits per heavy atom. The van der Waals surface area contributed by atoms with Crippen LogP contribution in [0.25, 0.3) is 11.1 Å². The maximum Gasteiger partial charge on any atom is 0.410 e. The molecule has 1 aliphatic carbocycles. The predicted octanol–water partition coefficient (Wildman–Crippen LogP) is 3.76. The van der Waals surface area contributed by atoms with Crippen LogP contribution in [0.3, 0.4) is 0 Å². The highest BCUT2D eigenvalue weighted by molar-refractivity contribution is 5.81. The molecule has 0 aromatic heterocycles. The third-order valence-electron chi connectivity index (χ3n) is 6.17. The van der Waals surface area contributed by atoms with E-state index in [0.717, 1.165) is 0 Å². The summed E-state index contributed by atoms with van der Waals surface area (Å²) < 4.78 is 11.4. The zero-order valence-corrected chi connectivity index (χ0v) is 15.7. The Hall–Kier alpha value is -2.66. The summed E-state index contributed by atoms with van der Waals surface area (Å²) in [6.45, 7) is 1.19. The fourth-order valence-corrected chi connectivity index (χ4v) is 4.84. The van der Waals surface area contributed by atoms with Crippen LogP contribution in [0.15, 0.2) is 48.5 Å². The largest absolute Gasteiger partial charge is 0.448 e. The Morgan fingerprint density at radius 3 is 2.36 bits per heavy atom. The van der Waals surface area contributed by atoms with Gasteiger partial charge in [-0.15, -0.1) is 0 Å². The molecule has 5 nitrogen and oxygen atoms in total. The Bertz CT molecular complexity index is 879. The number of carbonyl (C=O) groups excluding carboxylic acids is 2. The molecule has 2 atom stereocenters. The molecule has 5 heteroatoms. The maximum absolute atomic E-state index is 13.0. The van der Waals surface area contributed by atoms with Crippen LogP contribution in [-0.4, -0.2) is 48.7 Å². The Kier molecular flexibility index (Phi) is 4.40. The lowest BCUT2D eigenvalue weighted by Crippen LogP contribution is -2.54. The minimum atomic E-state index is -0.324. The van der Waals surface area contributed by atoms with Crippen molar-refractivity contribution in [3.05, 3.63) is 59.7 Å². The SMILES string of the molecule is O=C1CCC2COCC(C1)N2C(=O)OCC1c2ccccc2-c2ccccc21. The summed E-state index contributed by atoms with van der Waals surface area (Å²) >= 11 is 0. The van der Waals surface area contributed by atoms with Crippen LogP contribution >= 0.6 is 0 Å². The second kappa shape index (κ2) is 7.06. The first-order chi connectivity index (χ1) is 13.7. The molecule has 2 aliphatic heterocycles. The highest BCUT2D eigenvalue weighted by atomic mass is 16.6. The number of amides is 1. The summed E-state index contributed by atoms with van der Waals surface area (Å²) in [5, 5.41) is 0. The normalized spacial score (nSPS) is 23.7. The van der Waals surface area contributed by atoms with Crippen LogP contribution in [0.1, 0.15) is 36.3 Å². The Morgan fingerprint density at radius 1 is 1.00 bits per heavy atom. The lowest BCUT2D eigenvalue weighted by molar-refractivity contribution is -0.120. The van der Waals surface area contributed by atoms with E-state index in [2.05, 4.69) is 24.3 Å². The molecular formula is C23H23NO4. The number of nitrogens with zero attached hydrogens (tertiary/aromatic N) is 1. The Labute approximate surface area is 164 Å². The molecule has 2 bridgehead atoms. The molecule has 5 rings (SSSR count). The molecule has 28 heavy (non-hydrogen) atoms. The van der Waals surface area contributed by atoms with Crippen molar-refractivity contribution >= 4 is 11.9 Å². The van der Waals surface area contributed by atoms with Gasteiger partial charge in [0.05, 0.1) is 25.3 Å². The molecule has 0 saturated carbocycles. The number of benzene rings is 2. The number of Topliss-reactive ketones (excluding diaryl/α,β-unsaturated/α-hetero) is 1. The summed E-state index contributed by atoms with van der Waals surface area (Å²) in [6, 6.07) is 16.3. The van der Waals surface area contributed by atoms with Gasteiger partial charge in [0.15, 0.2) is 0 Å². The molecule has 2 unspecified atom stereocenters. The van der Waals surface area contributed by atoms with Crippen molar-refractivity contribution < 1.29 is 19.1 Å². The number of hydrogen-bond acceptors (Lipinski definition) is 4. The van der Waals surface area contributed by atoms with Gasteiger partial charge in [-0.1, -0.05) is 48.5 Å². The van der Waals surface area contributed by atoms with Crippen molar-refractivity contribution in [2.75, 3.05) is 19.8 Å². The van der Waals surface area contributed by atoms with Gasteiger partial charge in [-0.05, 0) is 28.7 Å². The lowest BCUT2D eigenvalue weighted by Gasteiger charge is -2.39. The van der Waals surface area contributed by atoms with Gasteiger partial charge in [0.1, 0.15) is 12.4 Å². The van der Waals surface area contributed by atoms with Crippen LogP contribution in [-0.2, 0) is 14.3 Å². The Balaban J connectivity index is 1.36. The fraction of sp³-hybridized carbons (Fsp3) is 0.391. The molecule has 0 radical (unpaired) electrons. The van der Waals surface area contributed by atoms with Crippen molar-refractivity contribution in [3.63, 3.8) is 0 Å². The zero-order chi connectivity index (χ0) is 19.1. The topological polar surface area (TPSA) is 55.8 Å². The summed E-state index contributed by atoms with van der Waals surface area (Å²) in [6.07, 6.45) is 1.20. The molecule has 1 amide bonds. The van der Waals surface area contributed by atoms with Crippen LogP contribution in [0, 0.1) is 0 Å². The number of ketones is 1. The molecule has 3 aliphatic rings. The van der Waals surface area contributed by atoms with E-state index in [1.165, 1.54) is 22.3 Å². The number of morpholine rings is 1. The first kappa shape index (κ1) is 17.4. The fourth-order valence-electron chi connectivity index (χ4n) is 4.84. The smallest absolute Gasteiger partial charge is 0.410 e. The van der Waals surface area contributed by atoms with E-state index in [4.69, 9.17) is 9.47 Å². The van der Waals surface area contributed by atoms with Gasteiger partial charge in [0.2, 0.25) is 0 Å². The molecular weight excluding hydrogens is 354 g/mol. The van der Waals surface area contributed by atoms with E-state index in [9.17, 15) is 9.59 Å². The van der Waals surface area contributed by atoms with Gasteiger partial charge in [-0.3, -0.25) is 9.69 Å². The minimum absolute atomic E-state index is 0.0426. The maximum atomic E-state index is 13.0. The van der Waals surface area contributed by atoms with Crippen molar-refractivity contribution in [2.45, 2.75) is 37.3 Å². The molecule has 0 spiro atoms. The van der Waals surface area contributed by atoms with Gasteiger partial charge >= 0.3 is 6.09 Å². The van der Waals surface area contributed by atoms with Gasteiger partial charge in [0, 0.05) is 18.8 Å². The average Bonchev–Trinajstić information content (AvgIpc) is 2.99. The number of ether oxygens (including phenoxy) is 2. The monoisotopic (exact) mass is 377 g/mol. The summed E-state index contributed by atoms with van der Waals surface area (Å²) in [7, 11) is 0. The molecule has 2 aromatic rings. The van der Waals surface area contributed by atoms with Crippen molar-refractivity contribution in [2.24, 2.45) is 0 Å². The van der Waals surface area contributed by atoms with E-state index < -0.39 is 0 Å². The summed E-state index contributed by atoms with van der Waals surface area (Å²) in [5.74, 6) is 0.246. The van der Waals surface area contributed by atoms with E-state index in [1.54, 1.807) is 4.90 Å². The second-order valence-electron chi connectivity index (χ2n) is 7.84. The number of carbonyl (C=O) groups is 2. The quantitative estimate of drug-likeness (QED) is 0.800. The standard InChI is InChI=1S/C23H23NO4/c25-17-10-9-15-12-27-13-16(11-17)24(15)23(26)28-14-22-20-7-3-1-5-18(20)19-6-2-4-8-21(19)22/h1-8,15-16,22H,9-14H2. The molecule has 2 heterocycles. The molecule has 144 valence electrons. The first-order valence-corrected chi connectivity index (χ1v) is 9.95. The van der Waals surface area contributed by atoms with Gasteiger partial charge in [-0.2, -0.15) is 0 Å². The highest BCUT2D eigenvalue weighted by Gasteiger charge is 2.40. The molecule has 0 N–H and O–H groups in total. The predicted molar refractivity (Wildman–Crippen MR) is 104 cm³/mol. The van der Waals surface area contributed by atoms with Crippen LogP contribution < -0.4 is 0 Å². The van der Waals surface area contributed by atoms with E-state index in [1.807, 2.05) is 24.3 Å². The summed E-state index contributed by atoms with van der Waals surface area (Å²) in [4.78, 5) is 26.8. The number of hydrogen-bond donors (Lipinski definition) is 0. The zero-order valence-electron chi connectivity index (χ0n) is 15.7. The second-order valence-corrected chi connectivity index (χ2v) is 7.84. The number of fused-ring (bicyclic) bond motifs is 5. The van der Waals surface area contributed by atoms with Crippen molar-refractivity contribution in [1.82, 2.24) is 4.90 Å². The third kappa shape index (κ3) is 2.90. The van der Waals surface area contributed by atoms with Crippen LogP contribution in [0.5, 0.6) is 0 Å². The average molecular weight is 377 g/mol. The van der Waals surface area contributed by atoms with Gasteiger partial charge in [0.25, 0.3) is 0 Å². The van der Waals surface area contributed by atoms with Crippen LogP contribution in [0.4, 0.5) is 4.79 Å². The summed E-state index contributed by atoms with van der Waals surface area (Å²) in [5.41, 5.74) is 4.83. The lowest BCUT2D eigenvalue weighted by atomic mass is 9.98. The first-order valence-electron chi connectivity index (χ1n) is 9.95. The molecule has 2 aromatic carbocycles. The van der Waals surface area contributed by atoms with Crippen molar-refractivity contribution in [1.29, 1.82) is 0 Å². The molecule has 2 saturated heterocycles. The van der Waals surface area contributed by atoms with Crippen molar-refractivity contribution in [3.8, 4) is 11.1 Å². The minimum Gasteiger partial charge on any atom is -0.448 e. The van der Waals surface area contributed by atoms with Gasteiger partial charge < -0.3 is 9.47 Å². The number of rotatable bonds is 2. The van der Waals surface area contributed by atoms with E-state index in [0.29, 0.717) is 39.1 Å². The van der Waals surface area contributed by atoms with E-state index in [-0.39, 0.29) is 29.9 Å². The van der Waals surface area contributed by atoms with Crippen LogP contribution in [0.2, 0.25) is 0 Å². The highest BCUT2D eigenvalue weighted by Crippen LogP contribution is 2.44. The third-order valence-corrected chi connectivity index (χ3v) is 6.17.